The first-order valence-electron chi connectivity index (χ1n) is 5.57. The first kappa shape index (κ1) is 13.9. The van der Waals surface area contributed by atoms with Crippen LogP contribution in [-0.4, -0.2) is 51.3 Å². The number of carboxylic acid groups (broad SMARTS) is 1. The molecule has 0 bridgehead atoms. The van der Waals surface area contributed by atoms with Crippen LogP contribution in [0.5, 0.6) is 0 Å². The van der Waals surface area contributed by atoms with Gasteiger partial charge in [-0.25, -0.2) is 9.78 Å². The van der Waals surface area contributed by atoms with Gasteiger partial charge in [0.2, 0.25) is 0 Å². The van der Waals surface area contributed by atoms with Gasteiger partial charge in [0.15, 0.2) is 5.69 Å². The van der Waals surface area contributed by atoms with Crippen molar-refractivity contribution in [2.24, 2.45) is 0 Å². The third kappa shape index (κ3) is 4.70. The summed E-state index contributed by atoms with van der Waals surface area (Å²) in [4.78, 5) is 20.9. The van der Waals surface area contributed by atoms with Crippen molar-refractivity contribution in [1.29, 1.82) is 0 Å². The van der Waals surface area contributed by atoms with Crippen molar-refractivity contribution in [3.05, 3.63) is 18.1 Å². The van der Waals surface area contributed by atoms with Crippen molar-refractivity contribution in [3.8, 4) is 0 Å². The number of carboxylic acids is 1. The van der Waals surface area contributed by atoms with Crippen LogP contribution < -0.4 is 0 Å². The Balaban J connectivity index is 2.46. The molecule has 6 heteroatoms. The molecule has 0 radical (unpaired) electrons. The highest BCUT2D eigenvalue weighted by Crippen LogP contribution is 2.14. The number of nitrogens with zero attached hydrogens (tertiary/aromatic N) is 3. The van der Waals surface area contributed by atoms with E-state index in [0.29, 0.717) is 5.03 Å². The lowest BCUT2D eigenvalue weighted by Crippen LogP contribution is -2.25. The molecule has 0 fully saturated rings. The first-order valence-corrected chi connectivity index (χ1v) is 6.56. The van der Waals surface area contributed by atoms with E-state index in [1.807, 2.05) is 0 Å². The van der Waals surface area contributed by atoms with Crippen molar-refractivity contribution >= 4 is 17.7 Å². The van der Waals surface area contributed by atoms with E-state index in [9.17, 15) is 4.79 Å². The van der Waals surface area contributed by atoms with Crippen LogP contribution in [0.3, 0.4) is 0 Å². The maximum absolute atomic E-state index is 10.7. The lowest BCUT2D eigenvalue weighted by molar-refractivity contribution is 0.0689. The fourth-order valence-corrected chi connectivity index (χ4v) is 2.20. The molecule has 5 nitrogen and oxygen atoms in total. The van der Waals surface area contributed by atoms with Crippen LogP contribution in [0.1, 0.15) is 24.3 Å². The molecule has 0 aliphatic rings. The molecule has 0 aliphatic carbocycles. The quantitative estimate of drug-likeness (QED) is 0.747. The number of aromatic nitrogens is 2. The molecule has 0 spiro atoms. The van der Waals surface area contributed by atoms with Gasteiger partial charge >= 0.3 is 5.97 Å². The summed E-state index contributed by atoms with van der Waals surface area (Å²) in [6.45, 7) is 7.27. The van der Waals surface area contributed by atoms with Crippen LogP contribution in [0.2, 0.25) is 0 Å². The highest BCUT2D eigenvalue weighted by Gasteiger charge is 2.06. The number of hydrogen-bond donors (Lipinski definition) is 1. The van der Waals surface area contributed by atoms with Crippen molar-refractivity contribution < 1.29 is 9.90 Å². The zero-order valence-electron chi connectivity index (χ0n) is 10.1. The van der Waals surface area contributed by atoms with Crippen LogP contribution in [0.4, 0.5) is 0 Å². The lowest BCUT2D eigenvalue weighted by Gasteiger charge is -2.16. The van der Waals surface area contributed by atoms with E-state index in [1.54, 1.807) is 6.20 Å². The maximum atomic E-state index is 10.7. The van der Waals surface area contributed by atoms with E-state index in [1.165, 1.54) is 18.0 Å². The molecular formula is C11H17N3O2S. The Bertz CT molecular complexity index is 369. The van der Waals surface area contributed by atoms with E-state index in [-0.39, 0.29) is 5.69 Å². The number of thioether (sulfide) groups is 1. The summed E-state index contributed by atoms with van der Waals surface area (Å²) in [6, 6.07) is 0. The molecule has 0 aromatic carbocycles. The Morgan fingerprint density at radius 1 is 1.41 bits per heavy atom. The Morgan fingerprint density at radius 2 is 2.12 bits per heavy atom. The molecule has 0 saturated carbocycles. The van der Waals surface area contributed by atoms with E-state index in [0.717, 1.165) is 25.4 Å². The third-order valence-corrected chi connectivity index (χ3v) is 3.26. The molecule has 0 aliphatic heterocycles. The fourth-order valence-electron chi connectivity index (χ4n) is 1.34. The second kappa shape index (κ2) is 7.24. The van der Waals surface area contributed by atoms with Crippen LogP contribution >= 0.6 is 11.8 Å². The predicted octanol–water partition coefficient (Wildman–Crippen LogP) is 1.61. The molecule has 17 heavy (non-hydrogen) atoms. The maximum Gasteiger partial charge on any atom is 0.356 e. The Hall–Kier alpha value is -1.14. The molecule has 1 aromatic rings. The molecule has 0 amide bonds. The molecule has 1 aromatic heterocycles. The normalized spacial score (nSPS) is 10.8. The summed E-state index contributed by atoms with van der Waals surface area (Å²) >= 11 is 1.53. The molecular weight excluding hydrogens is 238 g/mol. The first-order chi connectivity index (χ1) is 8.17. The second-order valence-electron chi connectivity index (χ2n) is 3.42. The zero-order chi connectivity index (χ0) is 12.7. The van der Waals surface area contributed by atoms with Crippen molar-refractivity contribution in [3.63, 3.8) is 0 Å². The van der Waals surface area contributed by atoms with Crippen molar-refractivity contribution in [2.45, 2.75) is 18.9 Å². The zero-order valence-corrected chi connectivity index (χ0v) is 10.9. The number of rotatable bonds is 7. The van der Waals surface area contributed by atoms with Gasteiger partial charge in [-0.15, -0.1) is 11.8 Å². The minimum absolute atomic E-state index is 0.00200. The summed E-state index contributed by atoms with van der Waals surface area (Å²) in [7, 11) is 0. The van der Waals surface area contributed by atoms with Gasteiger partial charge in [0.1, 0.15) is 5.03 Å². The van der Waals surface area contributed by atoms with Crippen molar-refractivity contribution in [2.75, 3.05) is 25.4 Å². The van der Waals surface area contributed by atoms with Gasteiger partial charge in [-0.1, -0.05) is 13.8 Å². The van der Waals surface area contributed by atoms with E-state index < -0.39 is 5.97 Å². The Labute approximate surface area is 105 Å². The molecule has 0 unspecified atom stereocenters. The second-order valence-corrected chi connectivity index (χ2v) is 4.54. The fraction of sp³-hybridized carbons (Fsp3) is 0.545. The standard InChI is InChI=1S/C11H17N3O2S/c1-3-14(4-2)5-6-17-10-8-12-7-9(13-10)11(15)16/h7-8H,3-6H2,1-2H3,(H,15,16). The van der Waals surface area contributed by atoms with Crippen LogP contribution in [-0.2, 0) is 0 Å². The molecule has 0 saturated heterocycles. The molecule has 94 valence electrons. The largest absolute Gasteiger partial charge is 0.476 e. The number of hydrogen-bond acceptors (Lipinski definition) is 5. The van der Waals surface area contributed by atoms with E-state index in [2.05, 4.69) is 28.7 Å². The van der Waals surface area contributed by atoms with Crippen LogP contribution in [0.25, 0.3) is 0 Å². The SMILES string of the molecule is CCN(CC)CCSc1cncc(C(=O)O)n1. The van der Waals surface area contributed by atoms with E-state index >= 15 is 0 Å². The van der Waals surface area contributed by atoms with Gasteiger partial charge in [-0.05, 0) is 13.1 Å². The average Bonchev–Trinajstić information content (AvgIpc) is 2.35. The van der Waals surface area contributed by atoms with Gasteiger partial charge in [0.25, 0.3) is 0 Å². The van der Waals surface area contributed by atoms with Gasteiger partial charge in [0.05, 0.1) is 12.4 Å². The van der Waals surface area contributed by atoms with Crippen molar-refractivity contribution in [1.82, 2.24) is 14.9 Å². The monoisotopic (exact) mass is 255 g/mol. The molecule has 1 heterocycles. The Kier molecular flexibility index (Phi) is 5.93. The molecule has 0 atom stereocenters. The summed E-state index contributed by atoms with van der Waals surface area (Å²) in [5.41, 5.74) is -0.00200. The summed E-state index contributed by atoms with van der Waals surface area (Å²) < 4.78 is 0. The minimum Gasteiger partial charge on any atom is -0.476 e. The molecule has 1 rings (SSSR count). The van der Waals surface area contributed by atoms with Crippen LogP contribution in [0, 0.1) is 0 Å². The average molecular weight is 255 g/mol. The topological polar surface area (TPSA) is 66.3 Å². The third-order valence-electron chi connectivity index (χ3n) is 2.38. The summed E-state index contributed by atoms with van der Waals surface area (Å²) in [5, 5.41) is 9.44. The Morgan fingerprint density at radius 3 is 2.71 bits per heavy atom. The highest BCUT2D eigenvalue weighted by atomic mass is 32.2. The van der Waals surface area contributed by atoms with Gasteiger partial charge in [0, 0.05) is 12.3 Å². The van der Waals surface area contributed by atoms with Gasteiger partial charge in [-0.3, -0.25) is 4.98 Å². The summed E-state index contributed by atoms with van der Waals surface area (Å²) in [6.07, 6.45) is 2.86. The summed E-state index contributed by atoms with van der Waals surface area (Å²) in [5.74, 6) is -0.150. The van der Waals surface area contributed by atoms with E-state index in [4.69, 9.17) is 5.11 Å². The minimum atomic E-state index is -1.04. The van der Waals surface area contributed by atoms with Crippen LogP contribution in [0.15, 0.2) is 17.4 Å². The molecule has 1 N–H and O–H groups in total. The predicted molar refractivity (Wildman–Crippen MR) is 67.5 cm³/mol. The smallest absolute Gasteiger partial charge is 0.356 e. The highest BCUT2D eigenvalue weighted by molar-refractivity contribution is 7.99. The lowest BCUT2D eigenvalue weighted by atomic mass is 10.5. The number of aromatic carboxylic acids is 1. The van der Waals surface area contributed by atoms with Gasteiger partial charge < -0.3 is 10.0 Å². The number of carbonyl (C=O) groups is 1. The van der Waals surface area contributed by atoms with Gasteiger partial charge in [-0.2, -0.15) is 0 Å².